The van der Waals surface area contributed by atoms with Crippen LogP contribution < -0.4 is 4.74 Å². The molecule has 2 aromatic carbocycles. The highest BCUT2D eigenvalue weighted by atomic mass is 32.1. The van der Waals surface area contributed by atoms with Crippen molar-refractivity contribution in [1.29, 1.82) is 0 Å². The Hall–Kier alpha value is -1.61. The number of benzene rings is 2. The van der Waals surface area contributed by atoms with Gasteiger partial charge in [-0.2, -0.15) is 0 Å². The van der Waals surface area contributed by atoms with Gasteiger partial charge in [0.1, 0.15) is 5.75 Å². The SMILES string of the molecule is COc1ccc2ccc3scnc3c2c1. The summed E-state index contributed by atoms with van der Waals surface area (Å²) in [5.41, 5.74) is 2.94. The number of nitrogens with zero attached hydrogens (tertiary/aromatic N) is 1. The number of methoxy groups -OCH3 is 1. The number of thiazole rings is 1. The summed E-state index contributed by atoms with van der Waals surface area (Å²) in [6.45, 7) is 0. The van der Waals surface area contributed by atoms with Crippen LogP contribution in [0.1, 0.15) is 0 Å². The van der Waals surface area contributed by atoms with E-state index in [9.17, 15) is 0 Å². The van der Waals surface area contributed by atoms with Gasteiger partial charge in [0.05, 0.1) is 22.8 Å². The van der Waals surface area contributed by atoms with Crippen molar-refractivity contribution in [3.05, 3.63) is 35.8 Å². The molecule has 0 aliphatic carbocycles. The molecule has 0 amide bonds. The van der Waals surface area contributed by atoms with Crippen LogP contribution in [-0.2, 0) is 0 Å². The molecule has 1 aromatic heterocycles. The lowest BCUT2D eigenvalue weighted by Gasteiger charge is -2.02. The minimum atomic E-state index is 0.878. The monoisotopic (exact) mass is 215 g/mol. The van der Waals surface area contributed by atoms with Gasteiger partial charge in [0, 0.05) is 5.39 Å². The van der Waals surface area contributed by atoms with Crippen LogP contribution in [0.3, 0.4) is 0 Å². The number of hydrogen-bond acceptors (Lipinski definition) is 3. The van der Waals surface area contributed by atoms with Gasteiger partial charge >= 0.3 is 0 Å². The Kier molecular flexibility index (Phi) is 1.86. The summed E-state index contributed by atoms with van der Waals surface area (Å²) in [4.78, 5) is 4.39. The summed E-state index contributed by atoms with van der Waals surface area (Å²) in [6, 6.07) is 10.3. The number of aromatic nitrogens is 1. The van der Waals surface area contributed by atoms with Crippen molar-refractivity contribution in [3.63, 3.8) is 0 Å². The number of fused-ring (bicyclic) bond motifs is 3. The smallest absolute Gasteiger partial charge is 0.119 e. The lowest BCUT2D eigenvalue weighted by Crippen LogP contribution is -1.82. The highest BCUT2D eigenvalue weighted by Crippen LogP contribution is 2.29. The Morgan fingerprint density at radius 3 is 2.93 bits per heavy atom. The molecule has 0 unspecified atom stereocenters. The van der Waals surface area contributed by atoms with E-state index in [1.54, 1.807) is 18.4 Å². The molecular formula is C12H9NOS. The molecule has 3 aromatic rings. The van der Waals surface area contributed by atoms with Crippen LogP contribution in [0.15, 0.2) is 35.8 Å². The Morgan fingerprint density at radius 1 is 1.20 bits per heavy atom. The van der Waals surface area contributed by atoms with Crippen LogP contribution in [0.4, 0.5) is 0 Å². The first-order valence-electron chi connectivity index (χ1n) is 4.68. The van der Waals surface area contributed by atoms with Gasteiger partial charge < -0.3 is 4.74 Å². The van der Waals surface area contributed by atoms with E-state index in [1.807, 2.05) is 17.6 Å². The van der Waals surface area contributed by atoms with E-state index in [0.29, 0.717) is 0 Å². The molecule has 3 heteroatoms. The Bertz CT molecular complexity index is 630. The third-order valence-corrected chi connectivity index (χ3v) is 3.32. The molecule has 2 nitrogen and oxygen atoms in total. The first-order valence-corrected chi connectivity index (χ1v) is 5.56. The standard InChI is InChI=1S/C12H9NOS/c1-14-9-4-2-8-3-5-11-12(10(8)6-9)13-7-15-11/h2-7H,1H3. The maximum Gasteiger partial charge on any atom is 0.119 e. The fourth-order valence-corrected chi connectivity index (χ4v) is 2.45. The molecular weight excluding hydrogens is 206 g/mol. The van der Waals surface area contributed by atoms with Crippen molar-refractivity contribution < 1.29 is 4.74 Å². The molecule has 74 valence electrons. The largest absolute Gasteiger partial charge is 0.497 e. The van der Waals surface area contributed by atoms with E-state index >= 15 is 0 Å². The van der Waals surface area contributed by atoms with Gasteiger partial charge in [-0.25, -0.2) is 4.98 Å². The van der Waals surface area contributed by atoms with Crippen LogP contribution in [0.25, 0.3) is 21.0 Å². The molecule has 0 aliphatic heterocycles. The van der Waals surface area contributed by atoms with Crippen LogP contribution in [0.2, 0.25) is 0 Å². The summed E-state index contributed by atoms with van der Waals surface area (Å²) in [5, 5.41) is 2.36. The van der Waals surface area contributed by atoms with Gasteiger partial charge in [-0.05, 0) is 23.6 Å². The van der Waals surface area contributed by atoms with Crippen LogP contribution >= 0.6 is 11.3 Å². The Morgan fingerprint density at radius 2 is 2.07 bits per heavy atom. The predicted octanol–water partition coefficient (Wildman–Crippen LogP) is 3.46. The van der Waals surface area contributed by atoms with Crippen molar-refractivity contribution >= 4 is 32.3 Å². The Labute approximate surface area is 91.1 Å². The third-order valence-electron chi connectivity index (χ3n) is 2.52. The molecule has 0 fully saturated rings. The predicted molar refractivity (Wildman–Crippen MR) is 63.7 cm³/mol. The number of ether oxygens (including phenoxy) is 1. The fourth-order valence-electron chi connectivity index (χ4n) is 1.75. The van der Waals surface area contributed by atoms with Gasteiger partial charge in [0.25, 0.3) is 0 Å². The molecule has 0 N–H and O–H groups in total. The summed E-state index contributed by atoms with van der Waals surface area (Å²) in [6.07, 6.45) is 0. The second kappa shape index (κ2) is 3.21. The minimum Gasteiger partial charge on any atom is -0.497 e. The van der Waals surface area contributed by atoms with E-state index in [0.717, 1.165) is 16.7 Å². The average molecular weight is 215 g/mol. The van der Waals surface area contributed by atoms with Crippen molar-refractivity contribution in [2.45, 2.75) is 0 Å². The zero-order valence-corrected chi connectivity index (χ0v) is 9.04. The van der Waals surface area contributed by atoms with E-state index in [4.69, 9.17) is 4.74 Å². The lowest BCUT2D eigenvalue weighted by atomic mass is 10.1. The van der Waals surface area contributed by atoms with Crippen molar-refractivity contribution in [2.24, 2.45) is 0 Å². The van der Waals surface area contributed by atoms with E-state index in [-0.39, 0.29) is 0 Å². The maximum absolute atomic E-state index is 5.22. The van der Waals surface area contributed by atoms with Crippen molar-refractivity contribution in [2.75, 3.05) is 7.11 Å². The third kappa shape index (κ3) is 1.27. The van der Waals surface area contributed by atoms with Crippen LogP contribution in [-0.4, -0.2) is 12.1 Å². The van der Waals surface area contributed by atoms with Crippen molar-refractivity contribution in [1.82, 2.24) is 4.98 Å². The normalized spacial score (nSPS) is 11.0. The molecule has 0 saturated heterocycles. The topological polar surface area (TPSA) is 22.1 Å². The number of hydrogen-bond donors (Lipinski definition) is 0. The molecule has 3 rings (SSSR count). The van der Waals surface area contributed by atoms with E-state index in [2.05, 4.69) is 23.2 Å². The maximum atomic E-state index is 5.22. The van der Waals surface area contributed by atoms with Gasteiger partial charge in [-0.3, -0.25) is 0 Å². The van der Waals surface area contributed by atoms with E-state index < -0.39 is 0 Å². The molecule has 1 heterocycles. The second-order valence-corrected chi connectivity index (χ2v) is 4.24. The summed E-state index contributed by atoms with van der Waals surface area (Å²) in [5.74, 6) is 0.878. The van der Waals surface area contributed by atoms with Gasteiger partial charge in [-0.15, -0.1) is 11.3 Å². The minimum absolute atomic E-state index is 0.878. The molecule has 0 atom stereocenters. The zero-order chi connectivity index (χ0) is 10.3. The van der Waals surface area contributed by atoms with Gasteiger partial charge in [0.2, 0.25) is 0 Å². The molecule has 0 aliphatic rings. The van der Waals surface area contributed by atoms with E-state index in [1.165, 1.54) is 10.1 Å². The highest BCUT2D eigenvalue weighted by Gasteiger charge is 2.03. The van der Waals surface area contributed by atoms with Crippen molar-refractivity contribution in [3.8, 4) is 5.75 Å². The second-order valence-electron chi connectivity index (χ2n) is 3.35. The lowest BCUT2D eigenvalue weighted by molar-refractivity contribution is 0.415. The summed E-state index contributed by atoms with van der Waals surface area (Å²) >= 11 is 1.66. The fraction of sp³-hybridized carbons (Fsp3) is 0.0833. The average Bonchev–Trinajstić information content (AvgIpc) is 2.76. The molecule has 15 heavy (non-hydrogen) atoms. The molecule has 0 saturated carbocycles. The molecule has 0 radical (unpaired) electrons. The zero-order valence-electron chi connectivity index (χ0n) is 8.23. The van der Waals surface area contributed by atoms with Gasteiger partial charge in [-0.1, -0.05) is 12.1 Å². The van der Waals surface area contributed by atoms with Crippen LogP contribution in [0, 0.1) is 0 Å². The highest BCUT2D eigenvalue weighted by molar-refractivity contribution is 7.16. The summed E-state index contributed by atoms with van der Waals surface area (Å²) < 4.78 is 6.44. The molecule has 0 bridgehead atoms. The quantitative estimate of drug-likeness (QED) is 0.620. The first kappa shape index (κ1) is 8.68. The first-order chi connectivity index (χ1) is 7.38. The number of rotatable bonds is 1. The Balaban J connectivity index is 2.48. The molecule has 0 spiro atoms. The summed E-state index contributed by atoms with van der Waals surface area (Å²) in [7, 11) is 1.68. The van der Waals surface area contributed by atoms with Crippen LogP contribution in [0.5, 0.6) is 5.75 Å². The van der Waals surface area contributed by atoms with Gasteiger partial charge in [0.15, 0.2) is 0 Å².